The molecule has 0 atom stereocenters. The summed E-state index contributed by atoms with van der Waals surface area (Å²) in [4.78, 5) is 20.6. The van der Waals surface area contributed by atoms with Crippen LogP contribution in [-0.4, -0.2) is 24.2 Å². The number of carboxylic acids is 1. The van der Waals surface area contributed by atoms with Gasteiger partial charge in [0.25, 0.3) is 0 Å². The van der Waals surface area contributed by atoms with Gasteiger partial charge in [0.2, 0.25) is 0 Å². The lowest BCUT2D eigenvalue weighted by Crippen LogP contribution is -1.98. The quantitative estimate of drug-likeness (QED) is 0.399. The summed E-state index contributed by atoms with van der Waals surface area (Å²) < 4.78 is 4.41. The number of rotatable bonds is 4. The summed E-state index contributed by atoms with van der Waals surface area (Å²) in [5.74, 6) is 3.94. The molecule has 0 aliphatic heterocycles. The number of carbonyl (C=O) groups is 2. The maximum Gasteiger partial charge on any atom is 0.315 e. The third kappa shape index (κ3) is 8.41. The Labute approximate surface area is 76.9 Å². The highest BCUT2D eigenvalue weighted by molar-refractivity contribution is 5.70. The Morgan fingerprint density at radius 2 is 2.08 bits per heavy atom. The molecule has 0 aliphatic carbocycles. The first-order valence-electron chi connectivity index (χ1n) is 3.91. The van der Waals surface area contributed by atoms with Crippen LogP contribution < -0.4 is 0 Å². The Morgan fingerprint density at radius 3 is 2.62 bits per heavy atom. The molecule has 0 aromatic carbocycles. The van der Waals surface area contributed by atoms with Gasteiger partial charge in [-0.25, -0.2) is 0 Å². The molecule has 0 aliphatic rings. The van der Waals surface area contributed by atoms with Crippen LogP contribution in [0.15, 0.2) is 0 Å². The van der Waals surface area contributed by atoms with E-state index >= 15 is 0 Å². The first-order valence-corrected chi connectivity index (χ1v) is 3.91. The fourth-order valence-corrected chi connectivity index (χ4v) is 0.650. The average Bonchev–Trinajstić information content (AvgIpc) is 2.10. The number of esters is 1. The fraction of sp³-hybridized carbons (Fsp3) is 0.556. The zero-order chi connectivity index (χ0) is 10.1. The van der Waals surface area contributed by atoms with Gasteiger partial charge in [0, 0.05) is 12.8 Å². The number of aliphatic carboxylic acids is 1. The van der Waals surface area contributed by atoms with Crippen molar-refractivity contribution in [2.24, 2.45) is 0 Å². The predicted octanol–water partition coefficient (Wildman–Crippen LogP) is 0.808. The van der Waals surface area contributed by atoms with E-state index < -0.39 is 5.97 Å². The number of hydrogen-bond donors (Lipinski definition) is 1. The lowest BCUT2D eigenvalue weighted by Gasteiger charge is -1.93. The van der Waals surface area contributed by atoms with Crippen molar-refractivity contribution in [2.45, 2.75) is 25.7 Å². The molecule has 0 rings (SSSR count). The van der Waals surface area contributed by atoms with Gasteiger partial charge in [-0.2, -0.15) is 0 Å². The van der Waals surface area contributed by atoms with E-state index in [-0.39, 0.29) is 12.4 Å². The van der Waals surface area contributed by atoms with Gasteiger partial charge in [-0.1, -0.05) is 5.92 Å². The van der Waals surface area contributed by atoms with Crippen LogP contribution in [0, 0.1) is 11.8 Å². The van der Waals surface area contributed by atoms with Crippen molar-refractivity contribution in [1.82, 2.24) is 0 Å². The van der Waals surface area contributed by atoms with Crippen LogP contribution in [0.4, 0.5) is 0 Å². The van der Waals surface area contributed by atoms with Crippen molar-refractivity contribution in [3.05, 3.63) is 0 Å². The molecule has 0 fully saturated rings. The summed E-state index contributed by atoms with van der Waals surface area (Å²) in [7, 11) is 1.33. The molecule has 13 heavy (non-hydrogen) atoms. The second-order valence-corrected chi connectivity index (χ2v) is 2.35. The van der Waals surface area contributed by atoms with Crippen LogP contribution in [-0.2, 0) is 14.3 Å². The SMILES string of the molecule is COC(=O)CCCC#CCC(=O)O. The summed E-state index contributed by atoms with van der Waals surface area (Å²) in [5, 5.41) is 8.22. The number of carboxylic acid groups (broad SMARTS) is 1. The van der Waals surface area contributed by atoms with E-state index in [0.29, 0.717) is 19.3 Å². The second kappa shape index (κ2) is 7.17. The van der Waals surface area contributed by atoms with Crippen molar-refractivity contribution < 1.29 is 19.4 Å². The molecular weight excluding hydrogens is 172 g/mol. The molecule has 4 heteroatoms. The summed E-state index contributed by atoms with van der Waals surface area (Å²) in [5.41, 5.74) is 0. The highest BCUT2D eigenvalue weighted by Crippen LogP contribution is 1.95. The third-order valence-electron chi connectivity index (χ3n) is 1.27. The highest BCUT2D eigenvalue weighted by atomic mass is 16.5. The monoisotopic (exact) mass is 184 g/mol. The Bertz CT molecular complexity index is 234. The Hall–Kier alpha value is -1.50. The van der Waals surface area contributed by atoms with Crippen molar-refractivity contribution in [3.8, 4) is 11.8 Å². The fourth-order valence-electron chi connectivity index (χ4n) is 0.650. The van der Waals surface area contributed by atoms with Crippen LogP contribution in [0.2, 0.25) is 0 Å². The Balaban J connectivity index is 3.38. The second-order valence-electron chi connectivity index (χ2n) is 2.35. The van der Waals surface area contributed by atoms with Crippen LogP contribution in [0.5, 0.6) is 0 Å². The van der Waals surface area contributed by atoms with E-state index in [4.69, 9.17) is 5.11 Å². The molecule has 0 spiro atoms. The van der Waals surface area contributed by atoms with E-state index in [1.165, 1.54) is 7.11 Å². The minimum Gasteiger partial charge on any atom is -0.481 e. The van der Waals surface area contributed by atoms with Crippen molar-refractivity contribution in [3.63, 3.8) is 0 Å². The normalized spacial score (nSPS) is 8.38. The zero-order valence-corrected chi connectivity index (χ0v) is 7.50. The van der Waals surface area contributed by atoms with E-state index in [2.05, 4.69) is 16.6 Å². The van der Waals surface area contributed by atoms with Crippen molar-refractivity contribution in [1.29, 1.82) is 0 Å². The summed E-state index contributed by atoms with van der Waals surface area (Å²) in [6.07, 6.45) is 1.33. The van der Waals surface area contributed by atoms with E-state index in [9.17, 15) is 9.59 Å². The number of hydrogen-bond acceptors (Lipinski definition) is 3. The minimum atomic E-state index is -0.930. The van der Waals surface area contributed by atoms with Gasteiger partial charge < -0.3 is 9.84 Å². The van der Waals surface area contributed by atoms with E-state index in [1.54, 1.807) is 0 Å². The number of methoxy groups -OCH3 is 1. The Kier molecular flexibility index (Phi) is 6.34. The van der Waals surface area contributed by atoms with Gasteiger partial charge in [0.1, 0.15) is 6.42 Å². The van der Waals surface area contributed by atoms with Crippen LogP contribution in [0.1, 0.15) is 25.7 Å². The predicted molar refractivity (Wildman–Crippen MR) is 45.9 cm³/mol. The molecule has 0 saturated heterocycles. The lowest BCUT2D eigenvalue weighted by atomic mass is 10.2. The zero-order valence-electron chi connectivity index (χ0n) is 7.50. The maximum absolute atomic E-state index is 10.6. The molecule has 0 saturated carbocycles. The van der Waals surface area contributed by atoms with Crippen molar-refractivity contribution in [2.75, 3.05) is 7.11 Å². The molecule has 0 amide bonds. The van der Waals surface area contributed by atoms with E-state index in [1.807, 2.05) is 0 Å². The molecule has 4 nitrogen and oxygen atoms in total. The first-order chi connectivity index (χ1) is 6.16. The molecule has 0 bridgehead atoms. The molecule has 0 heterocycles. The van der Waals surface area contributed by atoms with Gasteiger partial charge in [0.15, 0.2) is 0 Å². The van der Waals surface area contributed by atoms with Crippen LogP contribution >= 0.6 is 0 Å². The molecule has 0 aromatic heterocycles. The maximum atomic E-state index is 10.6. The standard InChI is InChI=1S/C9H12O4/c1-13-9(12)7-5-3-2-4-6-8(10)11/h3,5-7H2,1H3,(H,10,11). The smallest absolute Gasteiger partial charge is 0.315 e. The molecule has 0 unspecified atom stereocenters. The molecule has 0 aromatic rings. The van der Waals surface area contributed by atoms with Crippen LogP contribution in [0.3, 0.4) is 0 Å². The molecule has 1 N–H and O–H groups in total. The summed E-state index contributed by atoms with van der Waals surface area (Å²) in [6.45, 7) is 0. The van der Waals surface area contributed by atoms with Gasteiger partial charge >= 0.3 is 11.9 Å². The molecular formula is C9H12O4. The lowest BCUT2D eigenvalue weighted by molar-refractivity contribution is -0.140. The van der Waals surface area contributed by atoms with Gasteiger partial charge in [0.05, 0.1) is 7.11 Å². The van der Waals surface area contributed by atoms with E-state index in [0.717, 1.165) is 0 Å². The first kappa shape index (κ1) is 11.5. The van der Waals surface area contributed by atoms with Gasteiger partial charge in [-0.15, -0.1) is 5.92 Å². The Morgan fingerprint density at radius 1 is 1.38 bits per heavy atom. The number of unbranched alkanes of at least 4 members (excludes halogenated alkanes) is 1. The number of carbonyl (C=O) groups excluding carboxylic acids is 1. The van der Waals surface area contributed by atoms with Crippen molar-refractivity contribution >= 4 is 11.9 Å². The summed E-state index contributed by atoms with van der Waals surface area (Å²) in [6, 6.07) is 0. The average molecular weight is 184 g/mol. The summed E-state index contributed by atoms with van der Waals surface area (Å²) >= 11 is 0. The third-order valence-corrected chi connectivity index (χ3v) is 1.27. The van der Waals surface area contributed by atoms with Crippen LogP contribution in [0.25, 0.3) is 0 Å². The van der Waals surface area contributed by atoms with Gasteiger partial charge in [-0.3, -0.25) is 9.59 Å². The van der Waals surface area contributed by atoms with Gasteiger partial charge in [-0.05, 0) is 6.42 Å². The topological polar surface area (TPSA) is 63.6 Å². The number of ether oxygens (including phenoxy) is 1. The minimum absolute atomic E-state index is 0.141. The molecule has 0 radical (unpaired) electrons. The molecule has 72 valence electrons. The highest BCUT2D eigenvalue weighted by Gasteiger charge is 1.96. The largest absolute Gasteiger partial charge is 0.481 e.